The van der Waals surface area contributed by atoms with Crippen LogP contribution in [0.1, 0.15) is 29.9 Å². The lowest BCUT2D eigenvalue weighted by Crippen LogP contribution is -2.55. The average Bonchev–Trinajstić information content (AvgIpc) is 2.28. The Hall–Kier alpha value is -1.42. The first-order chi connectivity index (χ1) is 8.06. The number of piperazine rings is 1. The van der Waals surface area contributed by atoms with Crippen molar-refractivity contribution in [1.29, 1.82) is 0 Å². The van der Waals surface area contributed by atoms with Crippen LogP contribution in [-0.2, 0) is 0 Å². The summed E-state index contributed by atoms with van der Waals surface area (Å²) in [5.74, 6) is 0.0812. The molecule has 0 unspecified atom stereocenters. The van der Waals surface area contributed by atoms with E-state index >= 15 is 0 Å². The third kappa shape index (κ3) is 2.82. The Balaban J connectivity index is 2.11. The molecule has 1 aliphatic heterocycles. The molecule has 1 aromatic heterocycles. The van der Waals surface area contributed by atoms with E-state index in [4.69, 9.17) is 0 Å². The van der Waals surface area contributed by atoms with Gasteiger partial charge >= 0.3 is 0 Å². The van der Waals surface area contributed by atoms with Crippen molar-refractivity contribution in [2.75, 3.05) is 13.1 Å². The Morgan fingerprint density at radius 2 is 2.00 bits per heavy atom. The fraction of sp³-hybridized carbons (Fsp3) is 0.538. The number of hydrogen-bond donors (Lipinski definition) is 1. The summed E-state index contributed by atoms with van der Waals surface area (Å²) in [6.07, 6.45) is 1.66. The van der Waals surface area contributed by atoms with Gasteiger partial charge in [-0.25, -0.2) is 0 Å². The van der Waals surface area contributed by atoms with Crippen LogP contribution in [0.5, 0.6) is 0 Å². The number of rotatable bonds is 1. The standard InChI is InChI=1S/C13H19N3O/c1-9-4-5-12(6-14-9)13(17)16-7-10(2)15-11(3)8-16/h4-6,10-11,15H,7-8H2,1-3H3/t10-,11+. The third-order valence-electron chi connectivity index (χ3n) is 3.00. The van der Waals surface area contributed by atoms with Crippen LogP contribution in [0.25, 0.3) is 0 Å². The molecule has 1 amide bonds. The van der Waals surface area contributed by atoms with E-state index in [1.54, 1.807) is 6.20 Å². The van der Waals surface area contributed by atoms with Crippen molar-refractivity contribution >= 4 is 5.91 Å². The number of aromatic nitrogens is 1. The number of hydrogen-bond acceptors (Lipinski definition) is 3. The first-order valence-corrected chi connectivity index (χ1v) is 6.04. The van der Waals surface area contributed by atoms with Crippen LogP contribution >= 0.6 is 0 Å². The highest BCUT2D eigenvalue weighted by Crippen LogP contribution is 2.10. The summed E-state index contributed by atoms with van der Waals surface area (Å²) >= 11 is 0. The molecular weight excluding hydrogens is 214 g/mol. The first kappa shape index (κ1) is 12.0. The normalized spacial score (nSPS) is 24.8. The van der Waals surface area contributed by atoms with Crippen molar-refractivity contribution in [2.45, 2.75) is 32.9 Å². The minimum absolute atomic E-state index is 0.0812. The third-order valence-corrected chi connectivity index (χ3v) is 3.00. The monoisotopic (exact) mass is 233 g/mol. The topological polar surface area (TPSA) is 45.2 Å². The zero-order chi connectivity index (χ0) is 12.4. The number of aryl methyl sites for hydroxylation is 1. The smallest absolute Gasteiger partial charge is 0.255 e. The number of carbonyl (C=O) groups excluding carboxylic acids is 1. The lowest BCUT2D eigenvalue weighted by molar-refractivity contribution is 0.0673. The van der Waals surface area contributed by atoms with E-state index in [-0.39, 0.29) is 5.91 Å². The number of pyridine rings is 1. The molecule has 2 atom stereocenters. The Bertz CT molecular complexity index is 392. The Kier molecular flexibility index (Phi) is 3.43. The quantitative estimate of drug-likeness (QED) is 0.793. The zero-order valence-electron chi connectivity index (χ0n) is 10.6. The van der Waals surface area contributed by atoms with Gasteiger partial charge in [0.05, 0.1) is 5.56 Å². The first-order valence-electron chi connectivity index (χ1n) is 6.04. The predicted octanol–water partition coefficient (Wildman–Crippen LogP) is 1.21. The summed E-state index contributed by atoms with van der Waals surface area (Å²) in [6, 6.07) is 4.42. The van der Waals surface area contributed by atoms with Crippen molar-refractivity contribution in [3.63, 3.8) is 0 Å². The van der Waals surface area contributed by atoms with Crippen molar-refractivity contribution < 1.29 is 4.79 Å². The summed E-state index contributed by atoms with van der Waals surface area (Å²) in [5.41, 5.74) is 1.61. The second-order valence-electron chi connectivity index (χ2n) is 4.87. The molecule has 0 spiro atoms. The van der Waals surface area contributed by atoms with E-state index in [0.29, 0.717) is 17.6 Å². The van der Waals surface area contributed by atoms with Gasteiger partial charge in [-0.15, -0.1) is 0 Å². The summed E-state index contributed by atoms with van der Waals surface area (Å²) in [4.78, 5) is 18.3. The second-order valence-corrected chi connectivity index (χ2v) is 4.87. The summed E-state index contributed by atoms with van der Waals surface area (Å²) in [6.45, 7) is 7.64. The van der Waals surface area contributed by atoms with Gasteiger partial charge in [-0.2, -0.15) is 0 Å². The lowest BCUT2D eigenvalue weighted by Gasteiger charge is -2.36. The predicted molar refractivity (Wildman–Crippen MR) is 66.9 cm³/mol. The highest BCUT2D eigenvalue weighted by Gasteiger charge is 2.25. The fourth-order valence-electron chi connectivity index (χ4n) is 2.27. The van der Waals surface area contributed by atoms with Crippen molar-refractivity contribution in [2.24, 2.45) is 0 Å². The number of nitrogens with zero attached hydrogens (tertiary/aromatic N) is 2. The van der Waals surface area contributed by atoms with Gasteiger partial charge in [0.2, 0.25) is 0 Å². The lowest BCUT2D eigenvalue weighted by atomic mass is 10.1. The minimum Gasteiger partial charge on any atom is -0.335 e. The van der Waals surface area contributed by atoms with Crippen molar-refractivity contribution in [1.82, 2.24) is 15.2 Å². The second kappa shape index (κ2) is 4.84. The van der Waals surface area contributed by atoms with Crippen LogP contribution in [0.15, 0.2) is 18.3 Å². The Morgan fingerprint density at radius 3 is 2.53 bits per heavy atom. The van der Waals surface area contributed by atoms with Crippen LogP contribution < -0.4 is 5.32 Å². The molecule has 1 N–H and O–H groups in total. The van der Waals surface area contributed by atoms with E-state index in [1.165, 1.54) is 0 Å². The largest absolute Gasteiger partial charge is 0.335 e. The van der Waals surface area contributed by atoms with Gasteiger partial charge in [-0.1, -0.05) is 0 Å². The fourth-order valence-corrected chi connectivity index (χ4v) is 2.27. The van der Waals surface area contributed by atoms with Crippen molar-refractivity contribution in [3.8, 4) is 0 Å². The Labute approximate surface area is 102 Å². The maximum atomic E-state index is 12.3. The molecule has 2 heterocycles. The maximum Gasteiger partial charge on any atom is 0.255 e. The average molecular weight is 233 g/mol. The molecule has 4 nitrogen and oxygen atoms in total. The number of carbonyl (C=O) groups is 1. The van der Waals surface area contributed by atoms with Crippen LogP contribution in [0.2, 0.25) is 0 Å². The molecule has 1 fully saturated rings. The van der Waals surface area contributed by atoms with Crippen LogP contribution in [0.4, 0.5) is 0 Å². The molecule has 0 saturated carbocycles. The molecule has 0 radical (unpaired) electrons. The number of nitrogens with one attached hydrogen (secondary N) is 1. The summed E-state index contributed by atoms with van der Waals surface area (Å²) in [7, 11) is 0. The molecule has 17 heavy (non-hydrogen) atoms. The van der Waals surface area contributed by atoms with Gasteiger partial charge in [0.1, 0.15) is 0 Å². The van der Waals surface area contributed by atoms with E-state index in [1.807, 2.05) is 24.0 Å². The van der Waals surface area contributed by atoms with E-state index < -0.39 is 0 Å². The Morgan fingerprint density at radius 1 is 1.35 bits per heavy atom. The molecule has 1 aromatic rings. The van der Waals surface area contributed by atoms with Gasteiger partial charge in [0, 0.05) is 37.1 Å². The molecule has 1 saturated heterocycles. The molecule has 92 valence electrons. The molecule has 0 bridgehead atoms. The molecule has 1 aliphatic rings. The molecular formula is C13H19N3O. The molecule has 0 aromatic carbocycles. The minimum atomic E-state index is 0.0812. The van der Waals surface area contributed by atoms with Crippen molar-refractivity contribution in [3.05, 3.63) is 29.6 Å². The van der Waals surface area contributed by atoms with Gasteiger partial charge in [0.15, 0.2) is 0 Å². The van der Waals surface area contributed by atoms with E-state index in [9.17, 15) is 4.79 Å². The highest BCUT2D eigenvalue weighted by molar-refractivity contribution is 5.94. The van der Waals surface area contributed by atoms with Crippen LogP contribution in [0.3, 0.4) is 0 Å². The van der Waals surface area contributed by atoms with Gasteiger partial charge < -0.3 is 10.2 Å². The summed E-state index contributed by atoms with van der Waals surface area (Å²) < 4.78 is 0. The van der Waals surface area contributed by atoms with E-state index in [0.717, 1.165) is 18.8 Å². The maximum absolute atomic E-state index is 12.3. The highest BCUT2D eigenvalue weighted by atomic mass is 16.2. The van der Waals surface area contributed by atoms with Gasteiger partial charge in [-0.3, -0.25) is 9.78 Å². The van der Waals surface area contributed by atoms with Crippen LogP contribution in [-0.4, -0.2) is 41.0 Å². The molecule has 4 heteroatoms. The SMILES string of the molecule is Cc1ccc(C(=O)N2C[C@@H](C)N[C@@H](C)C2)cn1. The molecule has 2 rings (SSSR count). The molecule has 0 aliphatic carbocycles. The van der Waals surface area contributed by atoms with Gasteiger partial charge in [0.25, 0.3) is 5.91 Å². The zero-order valence-corrected chi connectivity index (χ0v) is 10.6. The van der Waals surface area contributed by atoms with Gasteiger partial charge in [-0.05, 0) is 32.9 Å². The number of amides is 1. The van der Waals surface area contributed by atoms with E-state index in [2.05, 4.69) is 24.1 Å². The summed E-state index contributed by atoms with van der Waals surface area (Å²) in [5, 5.41) is 3.42. The van der Waals surface area contributed by atoms with Crippen LogP contribution in [0, 0.1) is 6.92 Å².